The predicted octanol–water partition coefficient (Wildman–Crippen LogP) is 4.66. The Morgan fingerprint density at radius 1 is 0.970 bits per heavy atom. The fourth-order valence-corrected chi connectivity index (χ4v) is 3.32. The summed E-state index contributed by atoms with van der Waals surface area (Å²) in [6, 6.07) is 21.1. The van der Waals surface area contributed by atoms with Crippen molar-refractivity contribution < 1.29 is 28.6 Å². The van der Waals surface area contributed by atoms with E-state index in [2.05, 4.69) is 5.16 Å². The van der Waals surface area contributed by atoms with Gasteiger partial charge in [0.05, 0.1) is 19.3 Å². The summed E-state index contributed by atoms with van der Waals surface area (Å²) in [5.41, 5.74) is 2.49. The van der Waals surface area contributed by atoms with Gasteiger partial charge in [0.1, 0.15) is 17.0 Å². The number of oxime groups is 1. The van der Waals surface area contributed by atoms with Crippen molar-refractivity contribution in [2.75, 3.05) is 13.7 Å². The number of rotatable bonds is 7. The van der Waals surface area contributed by atoms with Gasteiger partial charge in [-0.25, -0.2) is 9.59 Å². The third kappa shape index (κ3) is 4.77. The Morgan fingerprint density at radius 2 is 1.73 bits per heavy atom. The summed E-state index contributed by atoms with van der Waals surface area (Å²) in [4.78, 5) is 29.9. The first-order valence-electron chi connectivity index (χ1n) is 10.3. The zero-order valence-corrected chi connectivity index (χ0v) is 18.1. The maximum Gasteiger partial charge on any atom is 0.368 e. The normalized spacial score (nSPS) is 13.9. The molecule has 7 heteroatoms. The van der Waals surface area contributed by atoms with Gasteiger partial charge in [-0.3, -0.25) is 0 Å². The quantitative estimate of drug-likeness (QED) is 0.229. The summed E-state index contributed by atoms with van der Waals surface area (Å²) in [7, 11) is 1.49. The Labute approximate surface area is 190 Å². The summed E-state index contributed by atoms with van der Waals surface area (Å²) in [6.07, 6.45) is 1.66. The molecule has 0 bridgehead atoms. The molecule has 7 nitrogen and oxygen atoms in total. The third-order valence-electron chi connectivity index (χ3n) is 4.85. The van der Waals surface area contributed by atoms with Crippen molar-refractivity contribution in [3.63, 3.8) is 0 Å². The number of esters is 1. The highest BCUT2D eigenvalue weighted by Crippen LogP contribution is 2.32. The standard InChI is InChI=1S/C26H21NO6/c1-3-31-23-16-17(15-20-24(27-33-26(20)29)18-9-5-4-6-10-18)13-14-22(23)32-25(28)19-11-7-8-12-21(19)30-2/h4-16H,3H2,1-2H3. The van der Waals surface area contributed by atoms with Crippen LogP contribution in [0.4, 0.5) is 0 Å². The Bertz CT molecular complexity index is 1250. The maximum absolute atomic E-state index is 12.7. The average molecular weight is 443 g/mol. The van der Waals surface area contributed by atoms with Crippen LogP contribution in [0.2, 0.25) is 0 Å². The Morgan fingerprint density at radius 3 is 2.48 bits per heavy atom. The van der Waals surface area contributed by atoms with Gasteiger partial charge in [0, 0.05) is 5.56 Å². The highest BCUT2D eigenvalue weighted by Gasteiger charge is 2.27. The molecule has 0 amide bonds. The van der Waals surface area contributed by atoms with E-state index < -0.39 is 11.9 Å². The van der Waals surface area contributed by atoms with Crippen molar-refractivity contribution in [1.29, 1.82) is 0 Å². The first-order valence-corrected chi connectivity index (χ1v) is 10.3. The second-order valence-electron chi connectivity index (χ2n) is 6.97. The lowest BCUT2D eigenvalue weighted by atomic mass is 10.0. The summed E-state index contributed by atoms with van der Waals surface area (Å²) >= 11 is 0. The van der Waals surface area contributed by atoms with Crippen LogP contribution in [0, 0.1) is 0 Å². The van der Waals surface area contributed by atoms with Crippen molar-refractivity contribution >= 4 is 23.7 Å². The molecule has 0 unspecified atom stereocenters. The van der Waals surface area contributed by atoms with Crippen molar-refractivity contribution in [3.8, 4) is 17.2 Å². The van der Waals surface area contributed by atoms with Crippen LogP contribution in [0.1, 0.15) is 28.4 Å². The number of ether oxygens (including phenoxy) is 3. The van der Waals surface area contributed by atoms with E-state index >= 15 is 0 Å². The summed E-state index contributed by atoms with van der Waals surface area (Å²) in [5, 5.41) is 3.92. The molecular formula is C26H21NO6. The SMILES string of the molecule is CCOc1cc(C=C2C(=O)ON=C2c2ccccc2)ccc1OC(=O)c1ccccc1OC. The summed E-state index contributed by atoms with van der Waals surface area (Å²) in [6.45, 7) is 2.18. The number of benzene rings is 3. The monoisotopic (exact) mass is 443 g/mol. The largest absolute Gasteiger partial charge is 0.496 e. The lowest BCUT2D eigenvalue weighted by Crippen LogP contribution is -2.11. The van der Waals surface area contributed by atoms with Gasteiger partial charge in [-0.1, -0.05) is 53.7 Å². The van der Waals surface area contributed by atoms with E-state index in [4.69, 9.17) is 19.0 Å². The molecule has 3 aromatic carbocycles. The third-order valence-corrected chi connectivity index (χ3v) is 4.85. The van der Waals surface area contributed by atoms with E-state index in [9.17, 15) is 9.59 Å². The van der Waals surface area contributed by atoms with Crippen LogP contribution in [-0.2, 0) is 9.63 Å². The minimum absolute atomic E-state index is 0.251. The zero-order valence-electron chi connectivity index (χ0n) is 18.1. The molecule has 1 heterocycles. The van der Waals surface area contributed by atoms with E-state index in [0.717, 1.165) is 5.56 Å². The Balaban J connectivity index is 1.64. The molecule has 33 heavy (non-hydrogen) atoms. The van der Waals surface area contributed by atoms with Crippen LogP contribution in [-0.4, -0.2) is 31.4 Å². The Kier molecular flexibility index (Phi) is 6.50. The molecule has 0 N–H and O–H groups in total. The van der Waals surface area contributed by atoms with Crippen LogP contribution in [0.15, 0.2) is 83.5 Å². The number of para-hydroxylation sites is 1. The summed E-state index contributed by atoms with van der Waals surface area (Å²) < 4.78 is 16.5. The van der Waals surface area contributed by atoms with Crippen LogP contribution >= 0.6 is 0 Å². The molecule has 166 valence electrons. The Hall–Kier alpha value is -4.39. The van der Waals surface area contributed by atoms with Gasteiger partial charge < -0.3 is 19.0 Å². The van der Waals surface area contributed by atoms with Crippen molar-refractivity contribution in [2.45, 2.75) is 6.92 Å². The molecule has 3 aromatic rings. The van der Waals surface area contributed by atoms with E-state index in [-0.39, 0.29) is 5.75 Å². The van der Waals surface area contributed by atoms with Gasteiger partial charge in [-0.15, -0.1) is 0 Å². The predicted molar refractivity (Wildman–Crippen MR) is 123 cm³/mol. The number of hydrogen-bond acceptors (Lipinski definition) is 7. The molecule has 1 aliphatic rings. The van der Waals surface area contributed by atoms with Crippen LogP contribution < -0.4 is 14.2 Å². The first-order chi connectivity index (χ1) is 16.1. The van der Waals surface area contributed by atoms with Crippen LogP contribution in [0.25, 0.3) is 6.08 Å². The molecule has 0 aromatic heterocycles. The van der Waals surface area contributed by atoms with E-state index in [0.29, 0.717) is 40.5 Å². The van der Waals surface area contributed by atoms with Crippen molar-refractivity contribution in [3.05, 3.63) is 95.1 Å². The first kappa shape index (κ1) is 21.8. The van der Waals surface area contributed by atoms with Gasteiger partial charge in [-0.05, 0) is 42.8 Å². The van der Waals surface area contributed by atoms with E-state index in [1.807, 2.05) is 37.3 Å². The van der Waals surface area contributed by atoms with Crippen molar-refractivity contribution in [2.24, 2.45) is 5.16 Å². The fraction of sp³-hybridized carbons (Fsp3) is 0.115. The second-order valence-corrected chi connectivity index (χ2v) is 6.97. The number of hydrogen-bond donors (Lipinski definition) is 0. The van der Waals surface area contributed by atoms with Crippen molar-refractivity contribution in [1.82, 2.24) is 0 Å². The number of methoxy groups -OCH3 is 1. The molecule has 0 atom stereocenters. The smallest absolute Gasteiger partial charge is 0.368 e. The van der Waals surface area contributed by atoms with E-state index in [1.54, 1.807) is 48.5 Å². The molecule has 0 spiro atoms. The lowest BCUT2D eigenvalue weighted by molar-refractivity contribution is -0.136. The average Bonchev–Trinajstić information content (AvgIpc) is 3.21. The number of carbonyl (C=O) groups excluding carboxylic acids is 2. The molecular weight excluding hydrogens is 422 g/mol. The minimum atomic E-state index is -0.572. The van der Waals surface area contributed by atoms with Gasteiger partial charge in [0.15, 0.2) is 11.5 Å². The fourth-order valence-electron chi connectivity index (χ4n) is 3.32. The molecule has 0 saturated carbocycles. The highest BCUT2D eigenvalue weighted by atomic mass is 16.7. The van der Waals surface area contributed by atoms with Gasteiger partial charge >= 0.3 is 11.9 Å². The molecule has 0 radical (unpaired) electrons. The molecule has 1 aliphatic heterocycles. The number of carbonyl (C=O) groups is 2. The summed E-state index contributed by atoms with van der Waals surface area (Å²) in [5.74, 6) is -0.0920. The molecule has 4 rings (SSSR count). The van der Waals surface area contributed by atoms with Crippen LogP contribution in [0.3, 0.4) is 0 Å². The number of nitrogens with zero attached hydrogens (tertiary/aromatic N) is 1. The second kappa shape index (κ2) is 9.82. The van der Waals surface area contributed by atoms with Gasteiger partial charge in [0.2, 0.25) is 0 Å². The molecule has 0 fully saturated rings. The van der Waals surface area contributed by atoms with Gasteiger partial charge in [0.25, 0.3) is 0 Å². The van der Waals surface area contributed by atoms with Crippen LogP contribution in [0.5, 0.6) is 17.2 Å². The molecule has 0 aliphatic carbocycles. The minimum Gasteiger partial charge on any atom is -0.496 e. The lowest BCUT2D eigenvalue weighted by Gasteiger charge is -2.13. The molecule has 0 saturated heterocycles. The van der Waals surface area contributed by atoms with Gasteiger partial charge in [-0.2, -0.15) is 0 Å². The topological polar surface area (TPSA) is 83.4 Å². The maximum atomic E-state index is 12.7. The highest BCUT2D eigenvalue weighted by molar-refractivity contribution is 6.31. The zero-order chi connectivity index (χ0) is 23.2. The van der Waals surface area contributed by atoms with E-state index in [1.165, 1.54) is 7.11 Å².